The maximum atomic E-state index is 4.97. The van der Waals surface area contributed by atoms with Gasteiger partial charge < -0.3 is 9.84 Å². The first-order valence-electron chi connectivity index (χ1n) is 4.89. The zero-order valence-electron chi connectivity index (χ0n) is 8.78. The second kappa shape index (κ2) is 4.44. The minimum absolute atomic E-state index is 0.489. The smallest absolute Gasteiger partial charge is 0.321 e. The fourth-order valence-corrected chi connectivity index (χ4v) is 2.28. The summed E-state index contributed by atoms with van der Waals surface area (Å²) in [6.45, 7) is 4.71. The van der Waals surface area contributed by atoms with E-state index >= 15 is 0 Å². The Morgan fingerprint density at radius 2 is 2.40 bits per heavy atom. The first-order valence-corrected chi connectivity index (χ1v) is 5.77. The van der Waals surface area contributed by atoms with E-state index in [0.29, 0.717) is 11.8 Å². The number of hydrogen-bond donors (Lipinski definition) is 1. The van der Waals surface area contributed by atoms with Crippen molar-refractivity contribution in [3.8, 4) is 0 Å². The van der Waals surface area contributed by atoms with Gasteiger partial charge in [0, 0.05) is 4.88 Å². The number of aromatic nitrogens is 2. The highest BCUT2D eigenvalue weighted by molar-refractivity contribution is 7.10. The van der Waals surface area contributed by atoms with Gasteiger partial charge in [-0.15, -0.1) is 11.3 Å². The van der Waals surface area contributed by atoms with Crippen molar-refractivity contribution in [1.29, 1.82) is 0 Å². The molecule has 0 bridgehead atoms. The van der Waals surface area contributed by atoms with Crippen LogP contribution in [-0.2, 0) is 13.0 Å². The second-order valence-corrected chi connectivity index (χ2v) is 4.22. The summed E-state index contributed by atoms with van der Waals surface area (Å²) >= 11 is 1.75. The summed E-state index contributed by atoms with van der Waals surface area (Å²) in [5, 5.41) is 8.93. The molecule has 15 heavy (non-hydrogen) atoms. The second-order valence-electron chi connectivity index (χ2n) is 3.22. The number of nitrogens with zero attached hydrogens (tertiary/aromatic N) is 2. The van der Waals surface area contributed by atoms with Crippen molar-refractivity contribution in [3.63, 3.8) is 0 Å². The monoisotopic (exact) mass is 223 g/mol. The summed E-state index contributed by atoms with van der Waals surface area (Å²) in [6, 6.07) is 2.64. The van der Waals surface area contributed by atoms with Gasteiger partial charge in [-0.25, -0.2) is 0 Å². The fraction of sp³-hybridized carbons (Fsp3) is 0.400. The third kappa shape index (κ3) is 2.36. The normalized spacial score (nSPS) is 10.5. The van der Waals surface area contributed by atoms with Crippen LogP contribution in [-0.4, -0.2) is 10.1 Å². The number of thiophene rings is 1. The van der Waals surface area contributed by atoms with Crippen LogP contribution in [0.1, 0.15) is 23.2 Å². The molecule has 2 heterocycles. The average Bonchev–Trinajstić information content (AvgIpc) is 2.83. The van der Waals surface area contributed by atoms with E-state index in [-0.39, 0.29) is 0 Å². The van der Waals surface area contributed by atoms with Crippen LogP contribution in [0.15, 0.2) is 16.0 Å². The summed E-state index contributed by atoms with van der Waals surface area (Å²) in [4.78, 5) is 5.41. The molecule has 0 amide bonds. The first kappa shape index (κ1) is 10.2. The van der Waals surface area contributed by atoms with Crippen LogP contribution in [0.4, 0.5) is 6.01 Å². The van der Waals surface area contributed by atoms with Gasteiger partial charge in [-0.1, -0.05) is 12.1 Å². The van der Waals surface area contributed by atoms with Gasteiger partial charge >= 0.3 is 6.01 Å². The molecule has 0 atom stereocenters. The Kier molecular flexibility index (Phi) is 3.01. The van der Waals surface area contributed by atoms with Crippen molar-refractivity contribution in [2.24, 2.45) is 0 Å². The van der Waals surface area contributed by atoms with E-state index in [9.17, 15) is 0 Å². The summed E-state index contributed by atoms with van der Waals surface area (Å²) in [6.07, 6.45) is 1.06. The van der Waals surface area contributed by atoms with Crippen molar-refractivity contribution in [3.05, 3.63) is 27.7 Å². The third-order valence-electron chi connectivity index (χ3n) is 2.15. The Morgan fingerprint density at radius 1 is 1.53 bits per heavy atom. The molecule has 1 N–H and O–H groups in total. The fourth-order valence-electron chi connectivity index (χ4n) is 1.36. The number of rotatable bonds is 4. The Labute approximate surface area is 92.3 Å². The molecule has 0 aliphatic carbocycles. The first-order chi connectivity index (χ1) is 7.29. The largest absolute Gasteiger partial charge is 0.333 e. The molecule has 2 aromatic heterocycles. The molecular formula is C10H13N3OS. The van der Waals surface area contributed by atoms with Crippen LogP contribution in [0.2, 0.25) is 0 Å². The number of aryl methyl sites for hydroxylation is 2. The van der Waals surface area contributed by atoms with E-state index < -0.39 is 0 Å². The highest BCUT2D eigenvalue weighted by atomic mass is 32.1. The lowest BCUT2D eigenvalue weighted by molar-refractivity contribution is 0.425. The molecule has 80 valence electrons. The van der Waals surface area contributed by atoms with Gasteiger partial charge in [0.2, 0.25) is 0 Å². The Bertz CT molecular complexity index is 435. The number of hydrogen-bond acceptors (Lipinski definition) is 5. The maximum Gasteiger partial charge on any atom is 0.321 e. The van der Waals surface area contributed by atoms with Crippen molar-refractivity contribution < 1.29 is 4.52 Å². The molecule has 0 radical (unpaired) electrons. The van der Waals surface area contributed by atoms with Crippen LogP contribution in [0, 0.1) is 6.92 Å². The number of anilines is 1. The lowest BCUT2D eigenvalue weighted by Crippen LogP contribution is -1.99. The highest BCUT2D eigenvalue weighted by Gasteiger charge is 2.05. The topological polar surface area (TPSA) is 51.0 Å². The van der Waals surface area contributed by atoms with E-state index in [1.165, 1.54) is 10.4 Å². The molecule has 5 heteroatoms. The molecule has 0 aromatic carbocycles. The van der Waals surface area contributed by atoms with E-state index in [1.54, 1.807) is 18.3 Å². The van der Waals surface area contributed by atoms with Gasteiger partial charge in [-0.05, 0) is 30.4 Å². The molecule has 0 saturated heterocycles. The molecule has 0 aliphatic heterocycles. The molecular weight excluding hydrogens is 210 g/mol. The summed E-state index contributed by atoms with van der Waals surface area (Å²) in [7, 11) is 0. The quantitative estimate of drug-likeness (QED) is 0.865. The molecule has 0 fully saturated rings. The average molecular weight is 223 g/mol. The van der Waals surface area contributed by atoms with E-state index in [1.807, 2.05) is 0 Å². The van der Waals surface area contributed by atoms with Crippen LogP contribution >= 0.6 is 11.3 Å². The van der Waals surface area contributed by atoms with Crippen LogP contribution in [0.3, 0.4) is 0 Å². The molecule has 0 aliphatic rings. The van der Waals surface area contributed by atoms with Gasteiger partial charge in [0.1, 0.15) is 0 Å². The summed E-state index contributed by atoms with van der Waals surface area (Å²) < 4.78 is 4.97. The predicted octanol–water partition coefficient (Wildman–Crippen LogP) is 2.61. The molecule has 0 saturated carbocycles. The third-order valence-corrected chi connectivity index (χ3v) is 3.11. The zero-order chi connectivity index (χ0) is 10.7. The standard InChI is InChI=1S/C10H13N3OS/c1-3-8-4-5-15-9(8)6-11-10-12-7(2)13-14-10/h4-5H,3,6H2,1-2H3,(H,11,12,13). The van der Waals surface area contributed by atoms with Crippen molar-refractivity contribution >= 4 is 17.4 Å². The van der Waals surface area contributed by atoms with Gasteiger partial charge in [0.15, 0.2) is 5.82 Å². The Balaban J connectivity index is 1.98. The van der Waals surface area contributed by atoms with E-state index in [2.05, 4.69) is 33.8 Å². The van der Waals surface area contributed by atoms with Crippen LogP contribution in [0.25, 0.3) is 0 Å². The van der Waals surface area contributed by atoms with Crippen molar-refractivity contribution in [2.75, 3.05) is 5.32 Å². The summed E-state index contributed by atoms with van der Waals surface area (Å²) in [5.41, 5.74) is 1.38. The molecule has 0 unspecified atom stereocenters. The highest BCUT2D eigenvalue weighted by Crippen LogP contribution is 2.18. The van der Waals surface area contributed by atoms with Crippen molar-refractivity contribution in [2.45, 2.75) is 26.8 Å². The minimum atomic E-state index is 0.489. The van der Waals surface area contributed by atoms with Gasteiger partial charge in [-0.2, -0.15) is 4.98 Å². The zero-order valence-corrected chi connectivity index (χ0v) is 9.60. The maximum absolute atomic E-state index is 4.97. The van der Waals surface area contributed by atoms with Crippen LogP contribution in [0.5, 0.6) is 0 Å². The molecule has 0 spiro atoms. The SMILES string of the molecule is CCc1ccsc1CNc1nc(C)no1. The van der Waals surface area contributed by atoms with Crippen molar-refractivity contribution in [1.82, 2.24) is 10.1 Å². The van der Waals surface area contributed by atoms with E-state index in [0.717, 1.165) is 13.0 Å². The van der Waals surface area contributed by atoms with Gasteiger partial charge in [0.25, 0.3) is 0 Å². The van der Waals surface area contributed by atoms with E-state index in [4.69, 9.17) is 4.52 Å². The predicted molar refractivity (Wildman–Crippen MR) is 60.1 cm³/mol. The van der Waals surface area contributed by atoms with Crippen LogP contribution < -0.4 is 5.32 Å². The lowest BCUT2D eigenvalue weighted by atomic mass is 10.2. The van der Waals surface area contributed by atoms with Gasteiger partial charge in [0.05, 0.1) is 6.54 Å². The molecule has 2 rings (SSSR count). The number of nitrogens with one attached hydrogen (secondary N) is 1. The minimum Gasteiger partial charge on any atom is -0.333 e. The molecule has 2 aromatic rings. The lowest BCUT2D eigenvalue weighted by Gasteiger charge is -2.00. The summed E-state index contributed by atoms with van der Waals surface area (Å²) in [5.74, 6) is 0.652. The Hall–Kier alpha value is -1.36. The Morgan fingerprint density at radius 3 is 3.07 bits per heavy atom. The molecule has 4 nitrogen and oxygen atoms in total. The van der Waals surface area contributed by atoms with Gasteiger partial charge in [-0.3, -0.25) is 0 Å².